The molecule has 2 saturated heterocycles. The number of rotatable bonds is 5. The average molecular weight is 552 g/mol. The summed E-state index contributed by atoms with van der Waals surface area (Å²) in [5, 5.41) is 81.4. The highest BCUT2D eigenvalue weighted by Crippen LogP contribution is 2.35. The first-order valence-electron chi connectivity index (χ1n) is 12.1. The van der Waals surface area contributed by atoms with E-state index in [1.165, 1.54) is 31.2 Å². The minimum absolute atomic E-state index is 0.0333. The number of hydrogen-bond acceptors (Lipinski definition) is 14. The summed E-state index contributed by atoms with van der Waals surface area (Å²) in [5.41, 5.74) is -0.578. The van der Waals surface area contributed by atoms with Crippen LogP contribution in [0.15, 0.2) is 39.5 Å². The third-order valence-corrected chi connectivity index (χ3v) is 6.89. The first-order chi connectivity index (χ1) is 18.5. The maximum atomic E-state index is 12.9. The van der Waals surface area contributed by atoms with Crippen molar-refractivity contribution in [3.05, 3.63) is 40.6 Å². The Balaban J connectivity index is 1.49. The van der Waals surface area contributed by atoms with Crippen molar-refractivity contribution in [3.63, 3.8) is 0 Å². The molecule has 0 amide bonds. The van der Waals surface area contributed by atoms with Gasteiger partial charge in [0.2, 0.25) is 11.7 Å². The molecule has 0 bridgehead atoms. The minimum Gasteiger partial charge on any atom is -0.508 e. The van der Waals surface area contributed by atoms with Gasteiger partial charge in [0.05, 0.1) is 18.1 Å². The number of aromatic hydroxyl groups is 2. The van der Waals surface area contributed by atoms with Gasteiger partial charge in [-0.3, -0.25) is 4.79 Å². The molecule has 0 saturated carbocycles. The molecule has 212 valence electrons. The molecule has 10 atom stereocenters. The standard InChI is InChI=1S/C25H28O14/c1-8-17(29)20(32)22(34)24(35-8)39-23-21(33)19(31)15(7-26)38-25(23)36-10-5-12(28)16-14(6-10)37-13-3-2-9(27)4-11(13)18(16)30/h2-6,8,15,17,19-29,31-34H,7H2,1H3. The quantitative estimate of drug-likeness (QED) is 0.167. The van der Waals surface area contributed by atoms with Crippen LogP contribution in [0.4, 0.5) is 0 Å². The fourth-order valence-electron chi connectivity index (χ4n) is 4.70. The summed E-state index contributed by atoms with van der Waals surface area (Å²) in [6.45, 7) is 0.706. The van der Waals surface area contributed by atoms with E-state index in [1.807, 2.05) is 0 Å². The fraction of sp³-hybridized carbons (Fsp3) is 0.480. The third kappa shape index (κ3) is 4.91. The Bertz CT molecular complexity index is 1410. The van der Waals surface area contributed by atoms with Crippen molar-refractivity contribution in [3.8, 4) is 17.2 Å². The normalized spacial score (nSPS) is 35.4. The molecule has 10 unspecified atom stereocenters. The van der Waals surface area contributed by atoms with E-state index in [2.05, 4.69) is 0 Å². The van der Waals surface area contributed by atoms with Gasteiger partial charge in [0, 0.05) is 12.1 Å². The van der Waals surface area contributed by atoms with E-state index in [1.54, 1.807) is 0 Å². The topological polar surface area (TPSA) is 229 Å². The summed E-state index contributed by atoms with van der Waals surface area (Å²) in [4.78, 5) is 12.9. The van der Waals surface area contributed by atoms with E-state index < -0.39 is 79.2 Å². The molecule has 14 heteroatoms. The first kappa shape index (κ1) is 27.5. The van der Waals surface area contributed by atoms with Crippen LogP contribution in [0.5, 0.6) is 17.2 Å². The smallest absolute Gasteiger partial charge is 0.229 e. The minimum atomic E-state index is -1.75. The monoisotopic (exact) mass is 552 g/mol. The molecular weight excluding hydrogens is 524 g/mol. The second-order valence-electron chi connectivity index (χ2n) is 9.53. The van der Waals surface area contributed by atoms with Gasteiger partial charge in [-0.15, -0.1) is 0 Å². The van der Waals surface area contributed by atoms with Crippen LogP contribution in [0.1, 0.15) is 6.92 Å². The summed E-state index contributed by atoms with van der Waals surface area (Å²) in [5.74, 6) is -0.836. The Morgan fingerprint density at radius 3 is 2.31 bits per heavy atom. The van der Waals surface area contributed by atoms with Crippen molar-refractivity contribution in [2.45, 2.75) is 68.3 Å². The second-order valence-corrected chi connectivity index (χ2v) is 9.53. The first-order valence-corrected chi connectivity index (χ1v) is 12.1. The molecule has 5 rings (SSSR count). The number of fused-ring (bicyclic) bond motifs is 2. The largest absolute Gasteiger partial charge is 0.508 e. The van der Waals surface area contributed by atoms with Crippen LogP contribution < -0.4 is 10.2 Å². The van der Waals surface area contributed by atoms with Crippen LogP contribution in [-0.2, 0) is 14.2 Å². The zero-order valence-electron chi connectivity index (χ0n) is 20.4. The van der Waals surface area contributed by atoms with Gasteiger partial charge >= 0.3 is 0 Å². The Morgan fingerprint density at radius 2 is 1.59 bits per heavy atom. The number of aliphatic hydroxyl groups excluding tert-OH is 6. The van der Waals surface area contributed by atoms with Gasteiger partial charge in [0.1, 0.15) is 70.4 Å². The lowest BCUT2D eigenvalue weighted by Gasteiger charge is -2.45. The molecular formula is C25H28O14. The number of phenols is 2. The van der Waals surface area contributed by atoms with Gasteiger partial charge < -0.3 is 64.2 Å². The molecule has 8 N–H and O–H groups in total. The maximum absolute atomic E-state index is 12.9. The lowest BCUT2D eigenvalue weighted by Crippen LogP contribution is -2.64. The number of phenolic OH excluding ortho intramolecular Hbond substituents is 2. The molecule has 2 aliphatic heterocycles. The van der Waals surface area contributed by atoms with Crippen molar-refractivity contribution in [2.75, 3.05) is 6.61 Å². The predicted octanol–water partition coefficient (Wildman–Crippen LogP) is -1.61. The molecule has 2 aliphatic rings. The highest BCUT2D eigenvalue weighted by atomic mass is 16.8. The van der Waals surface area contributed by atoms with E-state index in [9.17, 15) is 45.6 Å². The van der Waals surface area contributed by atoms with E-state index >= 15 is 0 Å². The molecule has 1 aromatic heterocycles. The van der Waals surface area contributed by atoms with Gasteiger partial charge in [-0.2, -0.15) is 0 Å². The maximum Gasteiger partial charge on any atom is 0.229 e. The predicted molar refractivity (Wildman–Crippen MR) is 129 cm³/mol. The summed E-state index contributed by atoms with van der Waals surface area (Å²) < 4.78 is 28.2. The molecule has 39 heavy (non-hydrogen) atoms. The summed E-state index contributed by atoms with van der Waals surface area (Å²) in [6.07, 6.45) is -15.3. The van der Waals surface area contributed by atoms with E-state index in [0.29, 0.717) is 0 Å². The Hall–Kier alpha value is -3.05. The van der Waals surface area contributed by atoms with E-state index in [0.717, 1.165) is 6.07 Å². The lowest BCUT2D eigenvalue weighted by molar-refractivity contribution is -0.354. The molecule has 3 heterocycles. The van der Waals surface area contributed by atoms with Crippen molar-refractivity contribution in [1.82, 2.24) is 0 Å². The van der Waals surface area contributed by atoms with Crippen LogP contribution in [0, 0.1) is 0 Å². The summed E-state index contributed by atoms with van der Waals surface area (Å²) in [6, 6.07) is 6.20. The molecule has 0 spiro atoms. The molecule has 2 aromatic carbocycles. The Kier molecular flexibility index (Phi) is 7.41. The Morgan fingerprint density at radius 1 is 0.846 bits per heavy atom. The summed E-state index contributed by atoms with van der Waals surface area (Å²) in [7, 11) is 0. The number of benzene rings is 2. The zero-order chi connectivity index (χ0) is 28.2. The van der Waals surface area contributed by atoms with Crippen LogP contribution in [0.2, 0.25) is 0 Å². The SMILES string of the molecule is CC1OC(OC2C(Oc3cc(O)c4c(=O)c5cc(O)ccc5oc4c3)OC(CO)C(O)C2O)C(O)C(O)C1O. The fourth-order valence-corrected chi connectivity index (χ4v) is 4.70. The van der Waals surface area contributed by atoms with Crippen molar-refractivity contribution in [2.24, 2.45) is 0 Å². The number of aliphatic hydroxyl groups is 6. The van der Waals surface area contributed by atoms with Gasteiger partial charge in [0.15, 0.2) is 12.4 Å². The number of ether oxygens (including phenoxy) is 4. The average Bonchev–Trinajstić information content (AvgIpc) is 2.90. The van der Waals surface area contributed by atoms with Gasteiger partial charge in [0.25, 0.3) is 0 Å². The molecule has 0 radical (unpaired) electrons. The van der Waals surface area contributed by atoms with Crippen LogP contribution >= 0.6 is 0 Å². The third-order valence-electron chi connectivity index (χ3n) is 6.89. The molecule has 2 fully saturated rings. The van der Waals surface area contributed by atoms with Crippen LogP contribution in [0.3, 0.4) is 0 Å². The van der Waals surface area contributed by atoms with Gasteiger partial charge in [-0.05, 0) is 25.1 Å². The number of hydrogen-bond donors (Lipinski definition) is 8. The van der Waals surface area contributed by atoms with E-state index in [-0.39, 0.29) is 33.4 Å². The van der Waals surface area contributed by atoms with Gasteiger partial charge in [-0.25, -0.2) is 0 Å². The lowest BCUT2D eigenvalue weighted by atomic mass is 9.97. The van der Waals surface area contributed by atoms with Crippen LogP contribution in [-0.4, -0.2) is 109 Å². The van der Waals surface area contributed by atoms with Crippen molar-refractivity contribution in [1.29, 1.82) is 0 Å². The molecule has 0 aliphatic carbocycles. The summed E-state index contributed by atoms with van der Waals surface area (Å²) >= 11 is 0. The molecule has 3 aromatic rings. The zero-order valence-corrected chi connectivity index (χ0v) is 20.4. The van der Waals surface area contributed by atoms with Crippen molar-refractivity contribution >= 4 is 21.9 Å². The van der Waals surface area contributed by atoms with Gasteiger partial charge in [-0.1, -0.05) is 0 Å². The van der Waals surface area contributed by atoms with Crippen LogP contribution in [0.25, 0.3) is 21.9 Å². The van der Waals surface area contributed by atoms with Crippen molar-refractivity contribution < 1.29 is 64.2 Å². The highest BCUT2D eigenvalue weighted by Gasteiger charge is 2.50. The Labute approximate surface area is 219 Å². The molecule has 14 nitrogen and oxygen atoms in total. The second kappa shape index (κ2) is 10.5. The highest BCUT2D eigenvalue weighted by molar-refractivity contribution is 5.94. The van der Waals surface area contributed by atoms with E-state index in [4.69, 9.17) is 23.4 Å².